The Morgan fingerprint density at radius 1 is 1.55 bits per heavy atom. The Labute approximate surface area is 65.5 Å². The van der Waals surface area contributed by atoms with E-state index < -0.39 is 0 Å². The first-order chi connectivity index (χ1) is 5.34. The number of aromatic nitrogens is 1. The van der Waals surface area contributed by atoms with Crippen molar-refractivity contribution in [2.24, 2.45) is 5.73 Å². The molecule has 0 saturated carbocycles. The van der Waals surface area contributed by atoms with Crippen molar-refractivity contribution in [2.75, 3.05) is 0 Å². The standard InChI is InChI=1S/C8H9N3/c9-4-1-8(10)7-2-5-11-6-3-7/h2-3,5-6,8H,1,10H2/t8-/m1/s1. The van der Waals surface area contributed by atoms with Crippen molar-refractivity contribution in [1.82, 2.24) is 4.98 Å². The molecule has 0 aliphatic rings. The summed E-state index contributed by atoms with van der Waals surface area (Å²) in [7, 11) is 0. The summed E-state index contributed by atoms with van der Waals surface area (Å²) in [6, 6.07) is 5.49. The number of nitriles is 1. The topological polar surface area (TPSA) is 62.7 Å². The molecule has 0 unspecified atom stereocenters. The van der Waals surface area contributed by atoms with E-state index in [9.17, 15) is 0 Å². The summed E-state index contributed by atoms with van der Waals surface area (Å²) in [5.74, 6) is 0. The molecule has 3 nitrogen and oxygen atoms in total. The summed E-state index contributed by atoms with van der Waals surface area (Å²) in [5, 5.41) is 8.35. The molecule has 0 aliphatic carbocycles. The fourth-order valence-electron chi connectivity index (χ4n) is 0.827. The van der Waals surface area contributed by atoms with Gasteiger partial charge in [0, 0.05) is 18.4 Å². The van der Waals surface area contributed by atoms with Crippen molar-refractivity contribution >= 4 is 0 Å². The van der Waals surface area contributed by atoms with E-state index in [1.165, 1.54) is 0 Å². The molecule has 56 valence electrons. The SMILES string of the molecule is N#CC[C@@H](N)c1ccncc1. The van der Waals surface area contributed by atoms with Crippen LogP contribution in [0.15, 0.2) is 24.5 Å². The third kappa shape index (κ3) is 2.03. The second kappa shape index (κ2) is 3.69. The second-order valence-electron chi connectivity index (χ2n) is 2.25. The highest BCUT2D eigenvalue weighted by Crippen LogP contribution is 2.10. The van der Waals surface area contributed by atoms with Gasteiger partial charge in [0.25, 0.3) is 0 Å². The summed E-state index contributed by atoms with van der Waals surface area (Å²) in [6.45, 7) is 0. The molecule has 0 amide bonds. The van der Waals surface area contributed by atoms with E-state index in [4.69, 9.17) is 11.0 Å². The Morgan fingerprint density at radius 2 is 2.18 bits per heavy atom. The van der Waals surface area contributed by atoms with Crippen LogP contribution in [0.4, 0.5) is 0 Å². The monoisotopic (exact) mass is 147 g/mol. The van der Waals surface area contributed by atoms with E-state index in [0.29, 0.717) is 6.42 Å². The zero-order valence-electron chi connectivity index (χ0n) is 6.07. The van der Waals surface area contributed by atoms with Crippen molar-refractivity contribution in [3.05, 3.63) is 30.1 Å². The van der Waals surface area contributed by atoms with Gasteiger partial charge in [-0.15, -0.1) is 0 Å². The van der Waals surface area contributed by atoms with Crippen molar-refractivity contribution in [3.63, 3.8) is 0 Å². The van der Waals surface area contributed by atoms with Gasteiger partial charge in [-0.25, -0.2) is 0 Å². The van der Waals surface area contributed by atoms with Crippen LogP contribution in [0.5, 0.6) is 0 Å². The molecule has 2 N–H and O–H groups in total. The maximum Gasteiger partial charge on any atom is 0.0641 e. The molecule has 0 aliphatic heterocycles. The quantitative estimate of drug-likeness (QED) is 0.678. The van der Waals surface area contributed by atoms with Crippen molar-refractivity contribution < 1.29 is 0 Å². The first kappa shape index (κ1) is 7.70. The van der Waals surface area contributed by atoms with Crippen LogP contribution in [0.2, 0.25) is 0 Å². The van der Waals surface area contributed by atoms with Gasteiger partial charge in [-0.3, -0.25) is 4.98 Å². The van der Waals surface area contributed by atoms with Crippen LogP contribution < -0.4 is 5.73 Å². The molecular weight excluding hydrogens is 138 g/mol. The Bertz CT molecular complexity index is 250. The number of rotatable bonds is 2. The van der Waals surface area contributed by atoms with E-state index in [-0.39, 0.29) is 6.04 Å². The molecule has 0 saturated heterocycles. The minimum Gasteiger partial charge on any atom is -0.323 e. The van der Waals surface area contributed by atoms with Gasteiger partial charge in [-0.2, -0.15) is 5.26 Å². The lowest BCUT2D eigenvalue weighted by Gasteiger charge is -2.05. The van der Waals surface area contributed by atoms with Crippen LogP contribution in [0.25, 0.3) is 0 Å². The fraction of sp³-hybridized carbons (Fsp3) is 0.250. The fourth-order valence-corrected chi connectivity index (χ4v) is 0.827. The molecule has 0 aromatic carbocycles. The molecule has 1 rings (SSSR count). The van der Waals surface area contributed by atoms with Crippen LogP contribution in [-0.2, 0) is 0 Å². The van der Waals surface area contributed by atoms with Crippen LogP contribution in [0.1, 0.15) is 18.0 Å². The van der Waals surface area contributed by atoms with Crippen LogP contribution >= 0.6 is 0 Å². The Morgan fingerprint density at radius 3 is 2.73 bits per heavy atom. The summed E-state index contributed by atoms with van der Waals surface area (Å²) >= 11 is 0. The van der Waals surface area contributed by atoms with Crippen molar-refractivity contribution in [2.45, 2.75) is 12.5 Å². The lowest BCUT2D eigenvalue weighted by molar-refractivity contribution is 0.747. The Kier molecular flexibility index (Phi) is 2.59. The highest BCUT2D eigenvalue weighted by atomic mass is 14.6. The summed E-state index contributed by atoms with van der Waals surface area (Å²) in [5.41, 5.74) is 6.62. The van der Waals surface area contributed by atoms with Gasteiger partial charge in [0.05, 0.1) is 12.5 Å². The van der Waals surface area contributed by atoms with Gasteiger partial charge in [0.15, 0.2) is 0 Å². The van der Waals surface area contributed by atoms with Crippen LogP contribution in [0, 0.1) is 11.3 Å². The predicted octanol–water partition coefficient (Wildman–Crippen LogP) is 0.995. The zero-order valence-corrected chi connectivity index (χ0v) is 6.07. The van der Waals surface area contributed by atoms with E-state index in [1.54, 1.807) is 12.4 Å². The van der Waals surface area contributed by atoms with Gasteiger partial charge >= 0.3 is 0 Å². The van der Waals surface area contributed by atoms with Crippen LogP contribution in [0.3, 0.4) is 0 Å². The zero-order chi connectivity index (χ0) is 8.10. The van der Waals surface area contributed by atoms with E-state index in [0.717, 1.165) is 5.56 Å². The Balaban J connectivity index is 2.70. The summed E-state index contributed by atoms with van der Waals surface area (Å²) in [6.07, 6.45) is 3.70. The molecule has 1 atom stereocenters. The lowest BCUT2D eigenvalue weighted by Crippen LogP contribution is -2.08. The third-order valence-corrected chi connectivity index (χ3v) is 1.45. The number of nitrogens with zero attached hydrogens (tertiary/aromatic N) is 2. The minimum absolute atomic E-state index is 0.178. The van der Waals surface area contributed by atoms with Gasteiger partial charge < -0.3 is 5.73 Å². The molecule has 1 heterocycles. The van der Waals surface area contributed by atoms with E-state index in [2.05, 4.69) is 4.98 Å². The van der Waals surface area contributed by atoms with Gasteiger partial charge in [-0.05, 0) is 17.7 Å². The lowest BCUT2D eigenvalue weighted by atomic mass is 10.1. The number of nitrogens with two attached hydrogens (primary N) is 1. The van der Waals surface area contributed by atoms with Gasteiger partial charge in [0.1, 0.15) is 0 Å². The van der Waals surface area contributed by atoms with Gasteiger partial charge in [0.2, 0.25) is 0 Å². The molecule has 0 spiro atoms. The number of pyridine rings is 1. The smallest absolute Gasteiger partial charge is 0.0641 e. The molecule has 0 fully saturated rings. The molecule has 11 heavy (non-hydrogen) atoms. The summed E-state index contributed by atoms with van der Waals surface area (Å²) in [4.78, 5) is 3.85. The molecule has 3 heteroatoms. The number of hydrogen-bond acceptors (Lipinski definition) is 3. The van der Waals surface area contributed by atoms with Gasteiger partial charge in [-0.1, -0.05) is 0 Å². The third-order valence-electron chi connectivity index (χ3n) is 1.45. The maximum atomic E-state index is 8.35. The normalized spacial score (nSPS) is 12.0. The van der Waals surface area contributed by atoms with Crippen LogP contribution in [-0.4, -0.2) is 4.98 Å². The number of hydrogen-bond donors (Lipinski definition) is 1. The average molecular weight is 147 g/mol. The highest BCUT2D eigenvalue weighted by molar-refractivity contribution is 5.15. The first-order valence-electron chi connectivity index (χ1n) is 3.37. The van der Waals surface area contributed by atoms with E-state index >= 15 is 0 Å². The highest BCUT2D eigenvalue weighted by Gasteiger charge is 2.02. The first-order valence-corrected chi connectivity index (χ1v) is 3.37. The van der Waals surface area contributed by atoms with E-state index in [1.807, 2.05) is 18.2 Å². The molecule has 0 radical (unpaired) electrons. The van der Waals surface area contributed by atoms with Crippen molar-refractivity contribution in [1.29, 1.82) is 5.26 Å². The molecule has 1 aromatic rings. The predicted molar refractivity (Wildman–Crippen MR) is 41.4 cm³/mol. The largest absolute Gasteiger partial charge is 0.323 e. The summed E-state index contributed by atoms with van der Waals surface area (Å²) < 4.78 is 0. The average Bonchev–Trinajstić information content (AvgIpc) is 2.07. The minimum atomic E-state index is -0.178. The van der Waals surface area contributed by atoms with Crippen molar-refractivity contribution in [3.8, 4) is 6.07 Å². The molecule has 1 aromatic heterocycles. The molecule has 0 bridgehead atoms. The maximum absolute atomic E-state index is 8.35. The second-order valence-corrected chi connectivity index (χ2v) is 2.25. The Hall–Kier alpha value is -1.40. The molecular formula is C8H9N3.